The van der Waals surface area contributed by atoms with Gasteiger partial charge in [-0.3, -0.25) is 14.4 Å². The molecule has 0 bridgehead atoms. The van der Waals surface area contributed by atoms with E-state index in [0.29, 0.717) is 55.2 Å². The Hall–Kier alpha value is -3.72. The summed E-state index contributed by atoms with van der Waals surface area (Å²) in [6.45, 7) is 4.19. The monoisotopic (exact) mass is 591 g/mol. The standard InChI is InChI=1S/C27H34FN5O7S/c1-17(34)33-12-10-32(11-13-33)16-22-20-9-8-19(39-27(36)31(3)4)15-24(20)40-26(35)21(22)14-18-6-5-7-23(25(18)28)30-41(37,38)29-2/h5-9,15,26,29-30,35H,10-14,16H2,1-4H3. The minimum Gasteiger partial charge on any atom is -0.460 e. The van der Waals surface area contributed by atoms with Gasteiger partial charge in [0, 0.05) is 84.4 Å². The van der Waals surface area contributed by atoms with Crippen molar-refractivity contribution in [2.45, 2.75) is 19.6 Å². The molecule has 1 saturated heterocycles. The number of fused-ring (bicyclic) bond motifs is 1. The van der Waals surface area contributed by atoms with E-state index in [4.69, 9.17) is 9.47 Å². The summed E-state index contributed by atoms with van der Waals surface area (Å²) in [6.07, 6.45) is -2.10. The topological polar surface area (TPSA) is 141 Å². The second-order valence-electron chi connectivity index (χ2n) is 9.94. The van der Waals surface area contributed by atoms with Crippen LogP contribution >= 0.6 is 0 Å². The first-order chi connectivity index (χ1) is 19.4. The van der Waals surface area contributed by atoms with Crippen molar-refractivity contribution in [1.82, 2.24) is 19.4 Å². The Morgan fingerprint density at radius 3 is 2.51 bits per heavy atom. The first-order valence-corrected chi connectivity index (χ1v) is 14.4. The number of carbonyl (C=O) groups excluding carboxylic acids is 2. The molecule has 222 valence electrons. The first kappa shape index (κ1) is 30.2. The molecule has 0 spiro atoms. The average Bonchev–Trinajstić information content (AvgIpc) is 2.92. The van der Waals surface area contributed by atoms with Gasteiger partial charge < -0.3 is 24.4 Å². The summed E-state index contributed by atoms with van der Waals surface area (Å²) in [6, 6.07) is 9.17. The Morgan fingerprint density at radius 2 is 1.88 bits per heavy atom. The number of halogens is 1. The molecule has 3 N–H and O–H groups in total. The van der Waals surface area contributed by atoms with Gasteiger partial charge in [0.05, 0.1) is 5.69 Å². The number of nitrogens with zero attached hydrogens (tertiary/aromatic N) is 3. The number of amides is 2. The Bertz CT molecular complexity index is 1460. The van der Waals surface area contributed by atoms with Crippen molar-refractivity contribution >= 4 is 33.5 Å². The van der Waals surface area contributed by atoms with Crippen molar-refractivity contribution in [3.05, 3.63) is 58.9 Å². The highest BCUT2D eigenvalue weighted by Gasteiger charge is 2.31. The zero-order valence-corrected chi connectivity index (χ0v) is 24.1. The van der Waals surface area contributed by atoms with E-state index in [1.807, 2.05) is 0 Å². The van der Waals surface area contributed by atoms with Gasteiger partial charge in [-0.25, -0.2) is 13.9 Å². The second-order valence-corrected chi connectivity index (χ2v) is 11.6. The number of nitrogens with one attached hydrogen (secondary N) is 2. The number of hydrogen-bond acceptors (Lipinski definition) is 8. The van der Waals surface area contributed by atoms with Crippen LogP contribution in [0.4, 0.5) is 14.9 Å². The third-order valence-electron chi connectivity index (χ3n) is 6.94. The highest BCUT2D eigenvalue weighted by molar-refractivity contribution is 7.90. The normalized spacial score (nSPS) is 17.5. The van der Waals surface area contributed by atoms with E-state index in [2.05, 4.69) is 14.3 Å². The summed E-state index contributed by atoms with van der Waals surface area (Å²) in [5.41, 5.74) is 1.64. The van der Waals surface area contributed by atoms with E-state index in [9.17, 15) is 23.1 Å². The number of anilines is 1. The summed E-state index contributed by atoms with van der Waals surface area (Å²) in [4.78, 5) is 29.0. The maximum atomic E-state index is 15.5. The minimum absolute atomic E-state index is 0.000410. The van der Waals surface area contributed by atoms with Crippen molar-refractivity contribution in [2.75, 3.05) is 58.6 Å². The van der Waals surface area contributed by atoms with Crippen LogP contribution in [0.25, 0.3) is 5.57 Å². The van der Waals surface area contributed by atoms with Crippen LogP contribution in [-0.4, -0.2) is 100 Å². The van der Waals surface area contributed by atoms with E-state index >= 15 is 4.39 Å². The summed E-state index contributed by atoms with van der Waals surface area (Å²) < 4.78 is 54.8. The SMILES string of the molecule is CNS(=O)(=O)Nc1cccc(CC2=C(CN3CCN(C(C)=O)CC3)c3ccc(OC(=O)N(C)C)cc3OC2O)c1F. The number of aliphatic hydroxyl groups is 1. The van der Waals surface area contributed by atoms with Gasteiger partial charge in [0.2, 0.25) is 12.2 Å². The molecular formula is C27H34FN5O7S. The van der Waals surface area contributed by atoms with Gasteiger partial charge in [-0.2, -0.15) is 8.42 Å². The van der Waals surface area contributed by atoms with Crippen LogP contribution in [0.1, 0.15) is 18.1 Å². The number of piperazine rings is 1. The smallest absolute Gasteiger partial charge is 0.414 e. The lowest BCUT2D eigenvalue weighted by Crippen LogP contribution is -2.48. The zero-order valence-electron chi connectivity index (χ0n) is 23.3. The number of rotatable bonds is 8. The zero-order chi connectivity index (χ0) is 29.9. The number of aliphatic hydroxyl groups excluding tert-OH is 1. The number of hydrogen-bond donors (Lipinski definition) is 3. The van der Waals surface area contributed by atoms with E-state index in [1.165, 1.54) is 43.1 Å². The molecule has 1 fully saturated rings. The summed E-state index contributed by atoms with van der Waals surface area (Å²) in [7, 11) is 0.358. The first-order valence-electron chi connectivity index (χ1n) is 12.9. The molecule has 14 heteroatoms. The Morgan fingerprint density at radius 1 is 1.17 bits per heavy atom. The Balaban J connectivity index is 1.71. The molecule has 0 saturated carbocycles. The molecule has 0 aromatic heterocycles. The van der Waals surface area contributed by atoms with E-state index in [1.54, 1.807) is 31.1 Å². The molecule has 1 atom stereocenters. The second kappa shape index (κ2) is 12.4. The van der Waals surface area contributed by atoms with Crippen LogP contribution in [-0.2, 0) is 21.4 Å². The fourth-order valence-electron chi connectivity index (χ4n) is 4.64. The number of carbonyl (C=O) groups is 2. The molecule has 1 unspecified atom stereocenters. The highest BCUT2D eigenvalue weighted by atomic mass is 32.2. The molecule has 2 heterocycles. The fraction of sp³-hybridized carbons (Fsp3) is 0.407. The lowest BCUT2D eigenvalue weighted by Gasteiger charge is -2.37. The molecule has 2 aromatic rings. The van der Waals surface area contributed by atoms with Crippen LogP contribution in [0.2, 0.25) is 0 Å². The van der Waals surface area contributed by atoms with Gasteiger partial charge in [-0.1, -0.05) is 12.1 Å². The van der Waals surface area contributed by atoms with Gasteiger partial charge in [-0.15, -0.1) is 0 Å². The average molecular weight is 592 g/mol. The maximum absolute atomic E-state index is 15.5. The Kier molecular flexibility index (Phi) is 9.17. The molecule has 2 aliphatic heterocycles. The quantitative estimate of drug-likeness (QED) is 0.421. The summed E-state index contributed by atoms with van der Waals surface area (Å²) in [5.74, 6) is -0.264. The lowest BCUT2D eigenvalue weighted by molar-refractivity contribution is -0.130. The largest absolute Gasteiger partial charge is 0.460 e. The predicted molar refractivity (Wildman–Crippen MR) is 150 cm³/mol. The molecule has 2 amide bonds. The van der Waals surface area contributed by atoms with Gasteiger partial charge in [0.1, 0.15) is 11.5 Å². The van der Waals surface area contributed by atoms with Crippen molar-refractivity contribution in [2.24, 2.45) is 0 Å². The van der Waals surface area contributed by atoms with E-state index < -0.39 is 28.4 Å². The molecular weight excluding hydrogens is 557 g/mol. The van der Waals surface area contributed by atoms with Crippen molar-refractivity contribution in [3.63, 3.8) is 0 Å². The van der Waals surface area contributed by atoms with Gasteiger partial charge in [0.25, 0.3) is 10.2 Å². The predicted octanol–water partition coefficient (Wildman–Crippen LogP) is 1.63. The maximum Gasteiger partial charge on any atom is 0.414 e. The molecule has 2 aliphatic rings. The molecule has 4 rings (SSSR count). The van der Waals surface area contributed by atoms with E-state index in [0.717, 1.165) is 0 Å². The lowest BCUT2D eigenvalue weighted by atomic mass is 9.91. The minimum atomic E-state index is -3.95. The van der Waals surface area contributed by atoms with Crippen molar-refractivity contribution < 1.29 is 37.0 Å². The van der Waals surface area contributed by atoms with Crippen LogP contribution < -0.4 is 18.9 Å². The van der Waals surface area contributed by atoms with Crippen LogP contribution in [0, 0.1) is 5.82 Å². The third kappa shape index (κ3) is 7.14. The van der Waals surface area contributed by atoms with Gasteiger partial charge in [-0.05, 0) is 29.3 Å². The van der Waals surface area contributed by atoms with Crippen LogP contribution in [0.3, 0.4) is 0 Å². The van der Waals surface area contributed by atoms with E-state index in [-0.39, 0.29) is 29.3 Å². The van der Waals surface area contributed by atoms with Gasteiger partial charge >= 0.3 is 6.09 Å². The van der Waals surface area contributed by atoms with Crippen LogP contribution in [0.5, 0.6) is 11.5 Å². The summed E-state index contributed by atoms with van der Waals surface area (Å²) >= 11 is 0. The van der Waals surface area contributed by atoms with Gasteiger partial charge in [0.15, 0.2) is 5.82 Å². The number of benzene rings is 2. The number of ether oxygens (including phenoxy) is 2. The van der Waals surface area contributed by atoms with Crippen molar-refractivity contribution in [1.29, 1.82) is 0 Å². The fourth-order valence-corrected chi connectivity index (χ4v) is 5.19. The third-order valence-corrected chi connectivity index (χ3v) is 7.97. The Labute approximate surface area is 238 Å². The van der Waals surface area contributed by atoms with Crippen molar-refractivity contribution in [3.8, 4) is 11.5 Å². The molecule has 41 heavy (non-hydrogen) atoms. The molecule has 12 nitrogen and oxygen atoms in total. The van der Waals surface area contributed by atoms with Crippen LogP contribution in [0.15, 0.2) is 42.0 Å². The molecule has 2 aromatic carbocycles. The molecule has 0 radical (unpaired) electrons. The highest BCUT2D eigenvalue weighted by Crippen LogP contribution is 2.40. The molecule has 0 aliphatic carbocycles. The summed E-state index contributed by atoms with van der Waals surface area (Å²) in [5, 5.41) is 11.1.